The molecule has 160 valence electrons. The van der Waals surface area contributed by atoms with Crippen molar-refractivity contribution in [3.8, 4) is 11.3 Å². The molecule has 1 aliphatic heterocycles. The topological polar surface area (TPSA) is 69.9 Å². The Kier molecular flexibility index (Phi) is 6.18. The molecule has 0 radical (unpaired) electrons. The number of unbranched alkanes of at least 4 members (excludes halogenated alkanes) is 2. The first kappa shape index (κ1) is 21.2. The normalized spacial score (nSPS) is 14.8. The Morgan fingerprint density at radius 2 is 1.94 bits per heavy atom. The SMILES string of the molecule is CCCCCSc1n[n+]2c(c(=O)[nH]1)-c1ccccc1N(C(C)=O)C2c1ccc(F)cc1. The average Bonchev–Trinajstić information content (AvgIpc) is 2.76. The quantitative estimate of drug-likeness (QED) is 0.357. The van der Waals surface area contributed by atoms with Gasteiger partial charge in [0.2, 0.25) is 11.1 Å². The van der Waals surface area contributed by atoms with Crippen LogP contribution in [-0.2, 0) is 4.79 Å². The molecule has 1 N–H and O–H groups in total. The highest BCUT2D eigenvalue weighted by Gasteiger charge is 2.44. The van der Waals surface area contributed by atoms with Crippen molar-refractivity contribution in [3.63, 3.8) is 0 Å². The van der Waals surface area contributed by atoms with E-state index in [0.29, 0.717) is 27.7 Å². The number of hydrogen-bond donors (Lipinski definition) is 1. The highest BCUT2D eigenvalue weighted by molar-refractivity contribution is 7.99. The van der Waals surface area contributed by atoms with Crippen LogP contribution in [0.1, 0.15) is 44.8 Å². The standard InChI is InChI=1S/C23H23FN4O2S/c1-3-4-7-14-31-23-25-21(30)20-18-8-5-6-9-19(18)27(15(2)29)22(28(20)26-23)16-10-12-17(24)13-11-16/h5-6,8-13,22H,3-4,7,14H2,1-2H3/p+1. The highest BCUT2D eigenvalue weighted by atomic mass is 32.2. The molecule has 3 aromatic rings. The Hall–Kier alpha value is -3.00. The van der Waals surface area contributed by atoms with Crippen molar-refractivity contribution < 1.29 is 13.9 Å². The van der Waals surface area contributed by atoms with Gasteiger partial charge in [-0.15, -0.1) is 0 Å². The predicted octanol–water partition coefficient (Wildman–Crippen LogP) is 4.06. The molecule has 0 spiro atoms. The number of anilines is 1. The number of hydrogen-bond acceptors (Lipinski definition) is 4. The van der Waals surface area contributed by atoms with Crippen LogP contribution in [0.5, 0.6) is 0 Å². The van der Waals surface area contributed by atoms with Gasteiger partial charge < -0.3 is 0 Å². The maximum atomic E-state index is 13.6. The van der Waals surface area contributed by atoms with Gasteiger partial charge in [0.1, 0.15) is 5.82 Å². The third kappa shape index (κ3) is 4.12. The lowest BCUT2D eigenvalue weighted by molar-refractivity contribution is -0.763. The largest absolute Gasteiger partial charge is 0.325 e. The first-order valence-corrected chi connectivity index (χ1v) is 11.3. The van der Waals surface area contributed by atoms with Crippen molar-refractivity contribution in [3.05, 3.63) is 70.3 Å². The summed E-state index contributed by atoms with van der Waals surface area (Å²) >= 11 is 1.49. The van der Waals surface area contributed by atoms with Crippen LogP contribution in [0.4, 0.5) is 10.1 Å². The van der Waals surface area contributed by atoms with Gasteiger partial charge in [0.15, 0.2) is 0 Å². The molecular weight excluding hydrogens is 415 g/mol. The number of aromatic nitrogens is 3. The number of benzene rings is 2. The highest BCUT2D eigenvalue weighted by Crippen LogP contribution is 2.37. The molecule has 1 unspecified atom stereocenters. The fourth-order valence-corrected chi connectivity index (χ4v) is 4.69. The molecule has 1 amide bonds. The Labute approximate surface area is 184 Å². The molecule has 0 bridgehead atoms. The molecular formula is C23H24FN4O2S+. The number of fused-ring (bicyclic) bond motifs is 3. The number of aromatic amines is 1. The van der Waals surface area contributed by atoms with Crippen LogP contribution in [0.25, 0.3) is 11.3 Å². The van der Waals surface area contributed by atoms with E-state index in [4.69, 9.17) is 5.10 Å². The summed E-state index contributed by atoms with van der Waals surface area (Å²) in [6.07, 6.45) is 2.55. The molecule has 0 fully saturated rings. The van der Waals surface area contributed by atoms with E-state index in [1.54, 1.807) is 21.7 Å². The number of rotatable bonds is 6. The van der Waals surface area contributed by atoms with Crippen LogP contribution in [0.15, 0.2) is 58.5 Å². The number of carbonyl (C=O) groups excluding carboxylic acids is 1. The van der Waals surface area contributed by atoms with Gasteiger partial charge >= 0.3 is 11.3 Å². The monoisotopic (exact) mass is 439 g/mol. The lowest BCUT2D eigenvalue weighted by Gasteiger charge is -2.31. The van der Waals surface area contributed by atoms with E-state index < -0.39 is 6.17 Å². The number of para-hydroxylation sites is 1. The van der Waals surface area contributed by atoms with E-state index >= 15 is 0 Å². The van der Waals surface area contributed by atoms with Gasteiger partial charge in [-0.2, -0.15) is 0 Å². The first-order chi connectivity index (χ1) is 15.0. The minimum Gasteiger partial charge on any atom is -0.291 e. The van der Waals surface area contributed by atoms with Crippen LogP contribution >= 0.6 is 11.8 Å². The summed E-state index contributed by atoms with van der Waals surface area (Å²) < 4.78 is 15.2. The van der Waals surface area contributed by atoms with Crippen LogP contribution in [-0.4, -0.2) is 21.7 Å². The summed E-state index contributed by atoms with van der Waals surface area (Å²) in [6.45, 7) is 3.62. The molecule has 0 saturated carbocycles. The third-order valence-electron chi connectivity index (χ3n) is 5.25. The van der Waals surface area contributed by atoms with Gasteiger partial charge in [0.05, 0.1) is 11.3 Å². The lowest BCUT2D eigenvalue weighted by Crippen LogP contribution is -2.60. The summed E-state index contributed by atoms with van der Waals surface area (Å²) in [6, 6.07) is 13.2. The molecule has 2 aromatic carbocycles. The fraction of sp³-hybridized carbons (Fsp3) is 0.304. The van der Waals surface area contributed by atoms with Crippen LogP contribution < -0.4 is 15.1 Å². The van der Waals surface area contributed by atoms with Gasteiger partial charge in [0.25, 0.3) is 6.17 Å². The summed E-state index contributed by atoms with van der Waals surface area (Å²) in [5.74, 6) is 0.273. The van der Waals surface area contributed by atoms with Crippen molar-refractivity contribution in [1.29, 1.82) is 0 Å². The predicted molar refractivity (Wildman–Crippen MR) is 118 cm³/mol. The first-order valence-electron chi connectivity index (χ1n) is 10.3. The molecule has 6 nitrogen and oxygen atoms in total. The smallest absolute Gasteiger partial charge is 0.291 e. The Morgan fingerprint density at radius 1 is 1.19 bits per heavy atom. The number of H-pyrrole nitrogens is 1. The number of carbonyl (C=O) groups is 1. The van der Waals surface area contributed by atoms with E-state index in [1.165, 1.54) is 30.8 Å². The Morgan fingerprint density at radius 3 is 2.65 bits per heavy atom. The van der Waals surface area contributed by atoms with Crippen LogP contribution in [0.2, 0.25) is 0 Å². The van der Waals surface area contributed by atoms with Gasteiger partial charge in [-0.05, 0) is 47.5 Å². The van der Waals surface area contributed by atoms with E-state index in [2.05, 4.69) is 11.9 Å². The van der Waals surface area contributed by atoms with Crippen LogP contribution in [0.3, 0.4) is 0 Å². The maximum Gasteiger partial charge on any atom is 0.325 e. The summed E-state index contributed by atoms with van der Waals surface area (Å²) in [5.41, 5.74) is 2.03. The zero-order valence-corrected chi connectivity index (χ0v) is 18.3. The van der Waals surface area contributed by atoms with E-state index in [9.17, 15) is 14.0 Å². The number of nitrogens with one attached hydrogen (secondary N) is 1. The van der Waals surface area contributed by atoms with Gasteiger partial charge in [-0.25, -0.2) is 9.29 Å². The van der Waals surface area contributed by atoms with E-state index in [1.807, 2.05) is 24.3 Å². The zero-order chi connectivity index (χ0) is 22.0. The van der Waals surface area contributed by atoms with Gasteiger partial charge in [0, 0.05) is 23.3 Å². The second-order valence-electron chi connectivity index (χ2n) is 7.44. The molecule has 31 heavy (non-hydrogen) atoms. The molecule has 1 aliphatic rings. The summed E-state index contributed by atoms with van der Waals surface area (Å²) in [7, 11) is 0. The molecule has 8 heteroatoms. The van der Waals surface area contributed by atoms with Crippen molar-refractivity contribution >= 4 is 23.4 Å². The van der Waals surface area contributed by atoms with E-state index in [-0.39, 0.29) is 17.3 Å². The minimum atomic E-state index is -0.694. The van der Waals surface area contributed by atoms with Crippen molar-refractivity contribution in [2.75, 3.05) is 10.7 Å². The second kappa shape index (κ2) is 9.01. The molecule has 2 heterocycles. The zero-order valence-electron chi connectivity index (χ0n) is 17.5. The number of thioether (sulfide) groups is 1. The molecule has 1 atom stereocenters. The Bertz CT molecular complexity index is 1160. The summed E-state index contributed by atoms with van der Waals surface area (Å²) in [4.78, 5) is 30.4. The minimum absolute atomic E-state index is 0.195. The van der Waals surface area contributed by atoms with Crippen LogP contribution in [0, 0.1) is 5.82 Å². The Balaban J connectivity index is 1.90. The number of amides is 1. The number of nitrogens with zero attached hydrogens (tertiary/aromatic N) is 3. The molecule has 1 aromatic heterocycles. The fourth-order valence-electron chi connectivity index (χ4n) is 3.83. The van der Waals surface area contributed by atoms with Crippen molar-refractivity contribution in [2.24, 2.45) is 0 Å². The van der Waals surface area contributed by atoms with Crippen molar-refractivity contribution in [2.45, 2.75) is 44.4 Å². The van der Waals surface area contributed by atoms with Gasteiger partial charge in [-0.3, -0.25) is 14.6 Å². The van der Waals surface area contributed by atoms with E-state index in [0.717, 1.165) is 25.0 Å². The molecule has 4 rings (SSSR count). The second-order valence-corrected chi connectivity index (χ2v) is 8.52. The summed E-state index contributed by atoms with van der Waals surface area (Å²) in [5, 5.41) is 5.22. The molecule has 0 saturated heterocycles. The third-order valence-corrected chi connectivity index (χ3v) is 6.20. The average molecular weight is 440 g/mol. The maximum absolute atomic E-state index is 13.6. The molecule has 0 aliphatic carbocycles. The lowest BCUT2D eigenvalue weighted by atomic mass is 10.0. The van der Waals surface area contributed by atoms with Gasteiger partial charge in [-0.1, -0.05) is 43.7 Å². The number of halogens is 1. The van der Waals surface area contributed by atoms with Crippen molar-refractivity contribution in [1.82, 2.24) is 10.1 Å².